The number of pyridine rings is 1. The number of carbonyl (C=O) groups is 1. The summed E-state index contributed by atoms with van der Waals surface area (Å²) in [5, 5.41) is 4.02. The molecule has 2 N–H and O–H groups in total. The molecular formula is C15H17BrClN3O2. The highest BCUT2D eigenvalue weighted by Crippen LogP contribution is 2.24. The van der Waals surface area contributed by atoms with Gasteiger partial charge in [0.1, 0.15) is 0 Å². The second-order valence-electron chi connectivity index (χ2n) is 5.26. The fraction of sp³-hybridized carbons (Fsp3) is 0.333. The van der Waals surface area contributed by atoms with Gasteiger partial charge in [0.2, 0.25) is 5.56 Å². The molecule has 0 saturated carbocycles. The zero-order valence-corrected chi connectivity index (χ0v) is 14.5. The molecule has 1 aromatic heterocycles. The van der Waals surface area contributed by atoms with Crippen LogP contribution in [0.4, 0.5) is 0 Å². The van der Waals surface area contributed by atoms with E-state index in [-0.39, 0.29) is 29.9 Å². The van der Waals surface area contributed by atoms with Gasteiger partial charge < -0.3 is 15.2 Å². The average molecular weight is 387 g/mol. The summed E-state index contributed by atoms with van der Waals surface area (Å²) in [4.78, 5) is 29.3. The Bertz CT molecular complexity index is 762. The van der Waals surface area contributed by atoms with Crippen LogP contribution in [-0.4, -0.2) is 41.5 Å². The lowest BCUT2D eigenvalue weighted by Gasteiger charge is -2.34. The highest BCUT2D eigenvalue weighted by atomic mass is 79.9. The van der Waals surface area contributed by atoms with Crippen LogP contribution in [0, 0.1) is 0 Å². The molecule has 7 heteroatoms. The number of carbonyl (C=O) groups excluding carboxylic acids is 1. The van der Waals surface area contributed by atoms with E-state index in [1.807, 2.05) is 30.0 Å². The van der Waals surface area contributed by atoms with Crippen LogP contribution >= 0.6 is 28.3 Å². The van der Waals surface area contributed by atoms with Crippen molar-refractivity contribution < 1.29 is 4.79 Å². The van der Waals surface area contributed by atoms with Gasteiger partial charge in [-0.1, -0.05) is 12.1 Å². The van der Waals surface area contributed by atoms with E-state index in [1.165, 1.54) is 6.07 Å². The highest BCUT2D eigenvalue weighted by Gasteiger charge is 2.25. The lowest BCUT2D eigenvalue weighted by atomic mass is 10.1. The minimum atomic E-state index is -0.263. The molecule has 1 amide bonds. The maximum atomic E-state index is 12.8. The van der Waals surface area contributed by atoms with Crippen LogP contribution in [0.3, 0.4) is 0 Å². The van der Waals surface area contributed by atoms with E-state index < -0.39 is 0 Å². The van der Waals surface area contributed by atoms with Crippen molar-refractivity contribution in [3.63, 3.8) is 0 Å². The number of hydrogen-bond acceptors (Lipinski definition) is 3. The Hall–Kier alpha value is -1.37. The van der Waals surface area contributed by atoms with Crippen molar-refractivity contribution in [3.8, 4) is 0 Å². The summed E-state index contributed by atoms with van der Waals surface area (Å²) < 4.78 is 0.778. The molecule has 1 aromatic carbocycles. The number of nitrogens with zero attached hydrogens (tertiary/aromatic N) is 1. The maximum absolute atomic E-state index is 12.8. The maximum Gasteiger partial charge on any atom is 0.255 e. The zero-order chi connectivity index (χ0) is 15.0. The summed E-state index contributed by atoms with van der Waals surface area (Å²) in [7, 11) is 0. The van der Waals surface area contributed by atoms with Gasteiger partial charge >= 0.3 is 0 Å². The fourth-order valence-electron chi connectivity index (χ4n) is 2.72. The van der Waals surface area contributed by atoms with Gasteiger partial charge in [-0.15, -0.1) is 12.4 Å². The number of rotatable bonds is 1. The van der Waals surface area contributed by atoms with Crippen molar-refractivity contribution in [3.05, 3.63) is 44.7 Å². The minimum Gasteiger partial charge on any atom is -0.333 e. The van der Waals surface area contributed by atoms with Crippen molar-refractivity contribution in [2.45, 2.75) is 13.0 Å². The van der Waals surface area contributed by atoms with Gasteiger partial charge in [-0.2, -0.15) is 0 Å². The Morgan fingerprint density at radius 3 is 2.91 bits per heavy atom. The van der Waals surface area contributed by atoms with Crippen LogP contribution in [0.5, 0.6) is 0 Å². The third kappa shape index (κ3) is 3.04. The first-order chi connectivity index (χ1) is 10.1. The number of halogens is 2. The molecule has 1 aliphatic heterocycles. The minimum absolute atomic E-state index is 0. The second kappa shape index (κ2) is 6.81. The zero-order valence-electron chi connectivity index (χ0n) is 12.1. The van der Waals surface area contributed by atoms with E-state index in [0.717, 1.165) is 22.9 Å². The van der Waals surface area contributed by atoms with Crippen molar-refractivity contribution in [1.82, 2.24) is 15.2 Å². The van der Waals surface area contributed by atoms with E-state index in [0.29, 0.717) is 17.6 Å². The Morgan fingerprint density at radius 1 is 1.41 bits per heavy atom. The topological polar surface area (TPSA) is 65.2 Å². The molecule has 2 aromatic rings. The Labute approximate surface area is 142 Å². The molecule has 118 valence electrons. The summed E-state index contributed by atoms with van der Waals surface area (Å²) in [5.41, 5.74) is 0.862. The summed E-state index contributed by atoms with van der Waals surface area (Å²) in [6, 6.07) is 7.08. The summed E-state index contributed by atoms with van der Waals surface area (Å²) >= 11 is 3.42. The van der Waals surface area contributed by atoms with Gasteiger partial charge in [-0.25, -0.2) is 0 Å². The molecule has 1 unspecified atom stereocenters. The Balaban J connectivity index is 0.00000176. The van der Waals surface area contributed by atoms with Crippen LogP contribution in [0.1, 0.15) is 17.3 Å². The van der Waals surface area contributed by atoms with Crippen molar-refractivity contribution in [2.24, 2.45) is 0 Å². The molecule has 0 spiro atoms. The number of piperazine rings is 1. The van der Waals surface area contributed by atoms with Crippen LogP contribution < -0.4 is 10.9 Å². The van der Waals surface area contributed by atoms with Crippen LogP contribution in [0.15, 0.2) is 33.5 Å². The molecule has 0 bridgehead atoms. The smallest absolute Gasteiger partial charge is 0.255 e. The first-order valence-corrected chi connectivity index (χ1v) is 7.70. The number of para-hydroxylation sites is 1. The number of fused-ring (bicyclic) bond motifs is 1. The first-order valence-electron chi connectivity index (χ1n) is 6.91. The van der Waals surface area contributed by atoms with Gasteiger partial charge in [0.25, 0.3) is 5.91 Å². The largest absolute Gasteiger partial charge is 0.333 e. The third-order valence-electron chi connectivity index (χ3n) is 3.82. The van der Waals surface area contributed by atoms with E-state index in [2.05, 4.69) is 26.2 Å². The number of aromatic amines is 1. The lowest BCUT2D eigenvalue weighted by molar-refractivity contribution is 0.0657. The normalized spacial score (nSPS) is 18.1. The molecule has 1 fully saturated rings. The molecule has 1 saturated heterocycles. The standard InChI is InChI=1S/C15H16BrN3O2.ClH/c1-9-8-17-5-6-19(9)15(21)11-7-13(20)18-14-10(11)3-2-4-12(14)16;/h2-4,7,9,17H,5-6,8H2,1H3,(H,18,20);1H. The predicted molar refractivity (Wildman–Crippen MR) is 92.9 cm³/mol. The Morgan fingerprint density at radius 2 is 2.18 bits per heavy atom. The van der Waals surface area contributed by atoms with Crippen molar-refractivity contribution in [1.29, 1.82) is 0 Å². The fourth-order valence-corrected chi connectivity index (χ4v) is 3.18. The molecule has 3 rings (SSSR count). The molecule has 0 radical (unpaired) electrons. The van der Waals surface area contributed by atoms with Gasteiger partial charge in [-0.05, 0) is 28.9 Å². The summed E-state index contributed by atoms with van der Waals surface area (Å²) in [6.45, 7) is 4.22. The highest BCUT2D eigenvalue weighted by molar-refractivity contribution is 9.10. The number of amides is 1. The number of benzene rings is 1. The Kier molecular flexibility index (Phi) is 5.26. The first kappa shape index (κ1) is 17.0. The summed E-state index contributed by atoms with van der Waals surface area (Å²) in [6.07, 6.45) is 0. The molecule has 1 atom stereocenters. The summed E-state index contributed by atoms with van der Waals surface area (Å²) in [5.74, 6) is -0.0850. The lowest BCUT2D eigenvalue weighted by Crippen LogP contribution is -2.52. The monoisotopic (exact) mass is 385 g/mol. The van der Waals surface area contributed by atoms with Crippen molar-refractivity contribution in [2.75, 3.05) is 19.6 Å². The van der Waals surface area contributed by atoms with Gasteiger partial charge in [0.05, 0.1) is 11.1 Å². The van der Waals surface area contributed by atoms with Crippen LogP contribution in [0.2, 0.25) is 0 Å². The number of aromatic nitrogens is 1. The molecule has 0 aliphatic carbocycles. The molecule has 1 aliphatic rings. The molecule has 22 heavy (non-hydrogen) atoms. The van der Waals surface area contributed by atoms with E-state index in [4.69, 9.17) is 0 Å². The quantitative estimate of drug-likeness (QED) is 0.789. The van der Waals surface area contributed by atoms with Crippen molar-refractivity contribution >= 4 is 45.1 Å². The molecular weight excluding hydrogens is 370 g/mol. The number of nitrogens with one attached hydrogen (secondary N) is 2. The second-order valence-corrected chi connectivity index (χ2v) is 6.12. The number of hydrogen-bond donors (Lipinski definition) is 2. The molecule has 2 heterocycles. The van der Waals surface area contributed by atoms with E-state index in [1.54, 1.807) is 0 Å². The van der Waals surface area contributed by atoms with Gasteiger partial charge in [0, 0.05) is 41.6 Å². The average Bonchev–Trinajstić information content (AvgIpc) is 2.47. The van der Waals surface area contributed by atoms with E-state index >= 15 is 0 Å². The van der Waals surface area contributed by atoms with Gasteiger partial charge in [0.15, 0.2) is 0 Å². The van der Waals surface area contributed by atoms with E-state index in [9.17, 15) is 9.59 Å². The third-order valence-corrected chi connectivity index (χ3v) is 4.48. The SMILES string of the molecule is CC1CNCCN1C(=O)c1cc(=O)[nH]c2c(Br)cccc12.Cl. The predicted octanol–water partition coefficient (Wildman–Crippen LogP) is 2.15. The van der Waals surface area contributed by atoms with Crippen LogP contribution in [0.25, 0.3) is 10.9 Å². The van der Waals surface area contributed by atoms with Gasteiger partial charge in [-0.3, -0.25) is 9.59 Å². The van der Waals surface area contributed by atoms with Crippen LogP contribution in [-0.2, 0) is 0 Å². The molecule has 5 nitrogen and oxygen atoms in total. The number of H-pyrrole nitrogens is 1.